The first-order valence-electron chi connectivity index (χ1n) is 4.99. The molecule has 0 aromatic heterocycles. The fourth-order valence-corrected chi connectivity index (χ4v) is 1.26. The van der Waals surface area contributed by atoms with E-state index in [0.29, 0.717) is 0 Å². The van der Waals surface area contributed by atoms with E-state index >= 15 is 0 Å². The molecule has 0 radical (unpaired) electrons. The minimum atomic E-state index is -0.858. The van der Waals surface area contributed by atoms with Gasteiger partial charge in [-0.3, -0.25) is 20.3 Å². The van der Waals surface area contributed by atoms with Gasteiger partial charge >= 0.3 is 5.69 Å². The third kappa shape index (κ3) is 3.08. The van der Waals surface area contributed by atoms with Crippen LogP contribution in [0.25, 0.3) is 0 Å². The molecule has 1 atom stereocenters. The SMILES string of the molecule is COc1ccc(OC(C)C(=O)NN)cc1[N+](=O)[O-]. The summed E-state index contributed by atoms with van der Waals surface area (Å²) in [5.74, 6) is 4.70. The standard InChI is InChI=1S/C10H13N3O5/c1-6(10(14)12-11)18-7-3-4-9(17-2)8(5-7)13(15)16/h3-6H,11H2,1-2H3,(H,12,14). The molecule has 0 bridgehead atoms. The Morgan fingerprint density at radius 3 is 2.72 bits per heavy atom. The Bertz CT molecular complexity index is 463. The number of nitro benzene ring substituents is 1. The molecular formula is C10H13N3O5. The van der Waals surface area contributed by atoms with Crippen molar-refractivity contribution in [2.45, 2.75) is 13.0 Å². The first-order valence-corrected chi connectivity index (χ1v) is 4.99. The molecule has 0 aliphatic heterocycles. The van der Waals surface area contributed by atoms with Gasteiger partial charge in [-0.15, -0.1) is 0 Å². The zero-order chi connectivity index (χ0) is 13.7. The van der Waals surface area contributed by atoms with Gasteiger partial charge in [-0.2, -0.15) is 0 Å². The summed E-state index contributed by atoms with van der Waals surface area (Å²) in [5, 5.41) is 10.8. The maximum absolute atomic E-state index is 11.1. The van der Waals surface area contributed by atoms with Gasteiger partial charge in [-0.25, -0.2) is 5.84 Å². The maximum atomic E-state index is 11.1. The van der Waals surface area contributed by atoms with Crippen molar-refractivity contribution in [2.24, 2.45) is 5.84 Å². The number of hydrogen-bond acceptors (Lipinski definition) is 6. The van der Waals surface area contributed by atoms with E-state index in [4.69, 9.17) is 15.3 Å². The van der Waals surface area contributed by atoms with Crippen LogP contribution in [0.3, 0.4) is 0 Å². The lowest BCUT2D eigenvalue weighted by Gasteiger charge is -2.13. The number of amides is 1. The van der Waals surface area contributed by atoms with Gasteiger partial charge in [0, 0.05) is 0 Å². The minimum absolute atomic E-state index is 0.114. The number of methoxy groups -OCH3 is 1. The maximum Gasteiger partial charge on any atom is 0.314 e. The third-order valence-electron chi connectivity index (χ3n) is 2.17. The molecular weight excluding hydrogens is 242 g/mol. The molecule has 18 heavy (non-hydrogen) atoms. The second-order valence-electron chi connectivity index (χ2n) is 3.36. The second-order valence-corrected chi connectivity index (χ2v) is 3.36. The van der Waals surface area contributed by atoms with Gasteiger partial charge in [0.25, 0.3) is 5.91 Å². The number of nitro groups is 1. The van der Waals surface area contributed by atoms with Gasteiger partial charge in [0.2, 0.25) is 0 Å². The van der Waals surface area contributed by atoms with Gasteiger partial charge < -0.3 is 9.47 Å². The average molecular weight is 255 g/mol. The first-order chi connectivity index (χ1) is 8.49. The van der Waals surface area contributed by atoms with Crippen molar-refractivity contribution in [1.29, 1.82) is 0 Å². The number of nitrogens with zero attached hydrogens (tertiary/aromatic N) is 1. The lowest BCUT2D eigenvalue weighted by molar-refractivity contribution is -0.385. The monoisotopic (exact) mass is 255 g/mol. The molecule has 0 spiro atoms. The van der Waals surface area contributed by atoms with E-state index in [1.54, 1.807) is 0 Å². The molecule has 0 heterocycles. The highest BCUT2D eigenvalue weighted by atomic mass is 16.6. The Hall–Kier alpha value is -2.35. The number of carbonyl (C=O) groups excluding carboxylic acids is 1. The lowest BCUT2D eigenvalue weighted by atomic mass is 10.2. The molecule has 1 unspecified atom stereocenters. The van der Waals surface area contributed by atoms with E-state index < -0.39 is 16.9 Å². The van der Waals surface area contributed by atoms with Crippen LogP contribution in [0.15, 0.2) is 18.2 Å². The van der Waals surface area contributed by atoms with Crippen LogP contribution >= 0.6 is 0 Å². The van der Waals surface area contributed by atoms with E-state index in [1.165, 1.54) is 32.2 Å². The third-order valence-corrected chi connectivity index (χ3v) is 2.17. The molecule has 0 saturated heterocycles. The Balaban J connectivity index is 2.95. The number of ether oxygens (including phenoxy) is 2. The largest absolute Gasteiger partial charge is 0.490 e. The van der Waals surface area contributed by atoms with E-state index in [0.717, 1.165) is 0 Å². The fourth-order valence-electron chi connectivity index (χ4n) is 1.26. The lowest BCUT2D eigenvalue weighted by Crippen LogP contribution is -2.40. The molecule has 1 aromatic carbocycles. The molecule has 0 aliphatic rings. The van der Waals surface area contributed by atoms with Gasteiger partial charge in [0.1, 0.15) is 5.75 Å². The summed E-state index contributed by atoms with van der Waals surface area (Å²) in [7, 11) is 1.33. The number of hydrogen-bond donors (Lipinski definition) is 2. The first kappa shape index (κ1) is 13.7. The van der Waals surface area contributed by atoms with Crippen LogP contribution in [0.5, 0.6) is 11.5 Å². The molecule has 3 N–H and O–H groups in total. The van der Waals surface area contributed by atoms with E-state index in [-0.39, 0.29) is 17.2 Å². The van der Waals surface area contributed by atoms with Crippen LogP contribution in [0.4, 0.5) is 5.69 Å². The quantitative estimate of drug-likeness (QED) is 0.339. The highest BCUT2D eigenvalue weighted by molar-refractivity contribution is 5.80. The molecule has 8 nitrogen and oxygen atoms in total. The van der Waals surface area contributed by atoms with Gasteiger partial charge in [0.15, 0.2) is 11.9 Å². The Morgan fingerprint density at radius 2 is 2.22 bits per heavy atom. The fraction of sp³-hybridized carbons (Fsp3) is 0.300. The predicted octanol–water partition coefficient (Wildman–Crippen LogP) is 0.361. The number of nitrogens with one attached hydrogen (secondary N) is 1. The molecule has 0 aliphatic carbocycles. The van der Waals surface area contributed by atoms with Gasteiger partial charge in [0.05, 0.1) is 18.1 Å². The number of rotatable bonds is 5. The topological polar surface area (TPSA) is 117 Å². The predicted molar refractivity (Wildman–Crippen MR) is 62.1 cm³/mol. The van der Waals surface area contributed by atoms with Crippen LogP contribution in [-0.4, -0.2) is 24.0 Å². The number of hydrazine groups is 1. The molecule has 1 aromatic rings. The van der Waals surface area contributed by atoms with Gasteiger partial charge in [-0.05, 0) is 19.1 Å². The second kappa shape index (κ2) is 5.82. The van der Waals surface area contributed by atoms with Crippen molar-refractivity contribution in [3.8, 4) is 11.5 Å². The number of nitrogens with two attached hydrogens (primary N) is 1. The van der Waals surface area contributed by atoms with Crippen molar-refractivity contribution in [2.75, 3.05) is 7.11 Å². The van der Waals surface area contributed by atoms with Crippen molar-refractivity contribution in [3.05, 3.63) is 28.3 Å². The molecule has 0 fully saturated rings. The smallest absolute Gasteiger partial charge is 0.314 e. The zero-order valence-corrected chi connectivity index (χ0v) is 9.88. The Morgan fingerprint density at radius 1 is 1.56 bits per heavy atom. The molecule has 8 heteroatoms. The number of carbonyl (C=O) groups is 1. The van der Waals surface area contributed by atoms with E-state index in [1.807, 2.05) is 5.43 Å². The van der Waals surface area contributed by atoms with Crippen molar-refractivity contribution >= 4 is 11.6 Å². The van der Waals surface area contributed by atoms with Gasteiger partial charge in [-0.1, -0.05) is 0 Å². The molecule has 98 valence electrons. The zero-order valence-electron chi connectivity index (χ0n) is 9.88. The van der Waals surface area contributed by atoms with Crippen LogP contribution in [-0.2, 0) is 4.79 Å². The van der Waals surface area contributed by atoms with Crippen LogP contribution < -0.4 is 20.7 Å². The van der Waals surface area contributed by atoms with E-state index in [9.17, 15) is 14.9 Å². The van der Waals surface area contributed by atoms with E-state index in [2.05, 4.69) is 0 Å². The summed E-state index contributed by atoms with van der Waals surface area (Å²) >= 11 is 0. The Labute approximate surface area is 103 Å². The highest BCUT2D eigenvalue weighted by Crippen LogP contribution is 2.31. The summed E-state index contributed by atoms with van der Waals surface area (Å²) in [6, 6.07) is 4.03. The molecule has 0 saturated carbocycles. The average Bonchev–Trinajstić information content (AvgIpc) is 2.37. The number of benzene rings is 1. The minimum Gasteiger partial charge on any atom is -0.490 e. The summed E-state index contributed by atoms with van der Waals surface area (Å²) < 4.78 is 10.0. The van der Waals surface area contributed by atoms with Crippen LogP contribution in [0.2, 0.25) is 0 Å². The van der Waals surface area contributed by atoms with Crippen molar-refractivity contribution in [1.82, 2.24) is 5.43 Å². The summed E-state index contributed by atoms with van der Waals surface area (Å²) in [6.45, 7) is 1.47. The summed E-state index contributed by atoms with van der Waals surface area (Å²) in [4.78, 5) is 21.3. The highest BCUT2D eigenvalue weighted by Gasteiger charge is 2.18. The normalized spacial score (nSPS) is 11.5. The summed E-state index contributed by atoms with van der Waals surface area (Å²) in [6.07, 6.45) is -0.858. The Kier molecular flexibility index (Phi) is 4.44. The molecule has 1 rings (SSSR count). The van der Waals surface area contributed by atoms with Crippen LogP contribution in [0.1, 0.15) is 6.92 Å². The van der Waals surface area contributed by atoms with Crippen molar-refractivity contribution < 1.29 is 19.2 Å². The molecule has 1 amide bonds. The van der Waals surface area contributed by atoms with Crippen LogP contribution in [0, 0.1) is 10.1 Å². The summed E-state index contributed by atoms with van der Waals surface area (Å²) in [5.41, 5.74) is 1.68. The van der Waals surface area contributed by atoms with Crippen molar-refractivity contribution in [3.63, 3.8) is 0 Å².